The van der Waals surface area contributed by atoms with E-state index >= 15 is 0 Å². The first-order valence-corrected chi connectivity index (χ1v) is 5.33. The highest BCUT2D eigenvalue weighted by Gasteiger charge is 2.23. The summed E-state index contributed by atoms with van der Waals surface area (Å²) >= 11 is 0. The van der Waals surface area contributed by atoms with Crippen molar-refractivity contribution in [2.75, 3.05) is 6.61 Å². The maximum absolute atomic E-state index is 11.3. The first-order chi connectivity index (χ1) is 8.51. The number of nitrogens with zero attached hydrogens (tertiary/aromatic N) is 2. The standard InChI is InChI=1S/C12H12N2O4/c1-3-18-11(15)6-9-5-4-8(2)10(7-13)12(9)14(16)17/h4-5H,3,6H2,1-2H3. The van der Waals surface area contributed by atoms with E-state index in [2.05, 4.69) is 0 Å². The van der Waals surface area contributed by atoms with Crippen LogP contribution in [0, 0.1) is 28.4 Å². The van der Waals surface area contributed by atoms with Crippen LogP contribution < -0.4 is 0 Å². The highest BCUT2D eigenvalue weighted by Crippen LogP contribution is 2.26. The molecule has 6 nitrogen and oxygen atoms in total. The summed E-state index contributed by atoms with van der Waals surface area (Å²) in [6.07, 6.45) is -0.209. The highest BCUT2D eigenvalue weighted by molar-refractivity contribution is 5.75. The fourth-order valence-electron chi connectivity index (χ4n) is 1.60. The van der Waals surface area contributed by atoms with Gasteiger partial charge in [-0.1, -0.05) is 12.1 Å². The van der Waals surface area contributed by atoms with E-state index in [0.717, 1.165) is 0 Å². The van der Waals surface area contributed by atoms with Crippen molar-refractivity contribution in [1.29, 1.82) is 5.26 Å². The Morgan fingerprint density at radius 2 is 2.22 bits per heavy atom. The average Bonchev–Trinajstić information content (AvgIpc) is 2.30. The summed E-state index contributed by atoms with van der Waals surface area (Å²) in [5.41, 5.74) is 0.379. The van der Waals surface area contributed by atoms with Crippen molar-refractivity contribution < 1.29 is 14.5 Å². The van der Waals surface area contributed by atoms with Crippen LogP contribution >= 0.6 is 0 Å². The number of hydrogen-bond acceptors (Lipinski definition) is 5. The van der Waals surface area contributed by atoms with Gasteiger partial charge < -0.3 is 4.74 Å². The summed E-state index contributed by atoms with van der Waals surface area (Å²) in [6, 6.07) is 4.86. The Kier molecular flexibility index (Phi) is 4.38. The lowest BCUT2D eigenvalue weighted by Crippen LogP contribution is -2.10. The number of rotatable bonds is 4. The fourth-order valence-corrected chi connectivity index (χ4v) is 1.60. The molecule has 0 radical (unpaired) electrons. The molecule has 0 saturated carbocycles. The van der Waals surface area contributed by atoms with E-state index in [-0.39, 0.29) is 29.8 Å². The topological polar surface area (TPSA) is 93.2 Å². The molecule has 6 heteroatoms. The van der Waals surface area contributed by atoms with E-state index in [9.17, 15) is 14.9 Å². The van der Waals surface area contributed by atoms with Crippen molar-refractivity contribution in [2.24, 2.45) is 0 Å². The number of nitro benzene ring substituents is 1. The monoisotopic (exact) mass is 248 g/mol. The van der Waals surface area contributed by atoms with Crippen LogP contribution in [-0.4, -0.2) is 17.5 Å². The van der Waals surface area contributed by atoms with Crippen LogP contribution in [0.4, 0.5) is 5.69 Å². The van der Waals surface area contributed by atoms with E-state index < -0.39 is 10.9 Å². The van der Waals surface area contributed by atoms with Crippen molar-refractivity contribution in [3.63, 3.8) is 0 Å². The molecule has 1 aromatic rings. The molecule has 0 heterocycles. The third-order valence-electron chi connectivity index (χ3n) is 2.40. The van der Waals surface area contributed by atoms with E-state index in [4.69, 9.17) is 10.00 Å². The lowest BCUT2D eigenvalue weighted by Gasteiger charge is -2.06. The largest absolute Gasteiger partial charge is 0.466 e. The molecule has 1 aromatic carbocycles. The maximum Gasteiger partial charge on any atom is 0.310 e. The fraction of sp³-hybridized carbons (Fsp3) is 0.333. The van der Waals surface area contributed by atoms with Crippen molar-refractivity contribution in [1.82, 2.24) is 0 Å². The Labute approximate surface area is 104 Å². The Morgan fingerprint density at radius 1 is 1.56 bits per heavy atom. The molecule has 94 valence electrons. The molecule has 0 atom stereocenters. The quantitative estimate of drug-likeness (QED) is 0.460. The van der Waals surface area contributed by atoms with E-state index in [1.807, 2.05) is 0 Å². The van der Waals surface area contributed by atoms with Crippen LogP contribution in [0.5, 0.6) is 0 Å². The lowest BCUT2D eigenvalue weighted by atomic mass is 10.0. The first kappa shape index (κ1) is 13.6. The molecule has 0 spiro atoms. The Bertz CT molecular complexity index is 532. The maximum atomic E-state index is 11.3. The summed E-state index contributed by atoms with van der Waals surface area (Å²) in [4.78, 5) is 21.7. The van der Waals surface area contributed by atoms with Crippen molar-refractivity contribution in [3.8, 4) is 6.07 Å². The molecule has 0 aromatic heterocycles. The van der Waals surface area contributed by atoms with E-state index in [1.165, 1.54) is 6.07 Å². The van der Waals surface area contributed by atoms with Crippen LogP contribution in [0.1, 0.15) is 23.6 Å². The minimum Gasteiger partial charge on any atom is -0.466 e. The number of nitro groups is 1. The van der Waals surface area contributed by atoms with Gasteiger partial charge in [0.05, 0.1) is 18.0 Å². The molecule has 0 N–H and O–H groups in total. The summed E-state index contributed by atoms with van der Waals surface area (Å²) in [5, 5.41) is 19.9. The van der Waals surface area contributed by atoms with Crippen LogP contribution in [0.25, 0.3) is 0 Å². The Balaban J connectivity index is 3.25. The van der Waals surface area contributed by atoms with Crippen LogP contribution in [-0.2, 0) is 16.0 Å². The molecular formula is C12H12N2O4. The third kappa shape index (κ3) is 2.83. The normalized spacial score (nSPS) is 9.61. The number of esters is 1. The minimum absolute atomic E-state index is 0.0122. The van der Waals surface area contributed by atoms with Gasteiger partial charge in [-0.2, -0.15) is 5.26 Å². The molecule has 0 saturated heterocycles. The number of benzene rings is 1. The predicted octanol–water partition coefficient (Wildman–Crippen LogP) is 1.88. The number of ether oxygens (including phenoxy) is 1. The molecule has 0 bridgehead atoms. The van der Waals surface area contributed by atoms with Crippen LogP contribution in [0.3, 0.4) is 0 Å². The second kappa shape index (κ2) is 5.77. The van der Waals surface area contributed by atoms with Gasteiger partial charge in [0.25, 0.3) is 5.69 Å². The third-order valence-corrected chi connectivity index (χ3v) is 2.40. The number of hydrogen-bond donors (Lipinski definition) is 0. The summed E-state index contributed by atoms with van der Waals surface area (Å²) in [7, 11) is 0. The van der Waals surface area contributed by atoms with E-state index in [0.29, 0.717) is 5.56 Å². The van der Waals surface area contributed by atoms with Gasteiger partial charge >= 0.3 is 5.97 Å². The second-order valence-corrected chi connectivity index (χ2v) is 3.62. The zero-order valence-corrected chi connectivity index (χ0v) is 10.1. The summed E-state index contributed by atoms with van der Waals surface area (Å²) in [6.45, 7) is 3.48. The number of aryl methyl sites for hydroxylation is 1. The second-order valence-electron chi connectivity index (χ2n) is 3.62. The van der Waals surface area contributed by atoms with Gasteiger partial charge in [-0.25, -0.2) is 0 Å². The summed E-state index contributed by atoms with van der Waals surface area (Å²) < 4.78 is 4.74. The summed E-state index contributed by atoms with van der Waals surface area (Å²) in [5.74, 6) is -0.548. The van der Waals surface area contributed by atoms with Crippen molar-refractivity contribution >= 4 is 11.7 Å². The Morgan fingerprint density at radius 3 is 2.72 bits per heavy atom. The molecule has 0 aliphatic carbocycles. The van der Waals surface area contributed by atoms with Gasteiger partial charge in [0.1, 0.15) is 11.6 Å². The SMILES string of the molecule is CCOC(=O)Cc1ccc(C)c(C#N)c1[N+](=O)[O-]. The molecule has 0 unspecified atom stereocenters. The predicted molar refractivity (Wildman–Crippen MR) is 62.9 cm³/mol. The molecule has 18 heavy (non-hydrogen) atoms. The number of carbonyl (C=O) groups excluding carboxylic acids is 1. The number of nitriles is 1. The molecular weight excluding hydrogens is 236 g/mol. The van der Waals surface area contributed by atoms with Gasteiger partial charge in [0.15, 0.2) is 0 Å². The molecule has 0 amide bonds. The molecule has 1 rings (SSSR count). The van der Waals surface area contributed by atoms with Gasteiger partial charge in [-0.3, -0.25) is 14.9 Å². The first-order valence-electron chi connectivity index (χ1n) is 5.33. The zero-order chi connectivity index (χ0) is 13.7. The van der Waals surface area contributed by atoms with Crippen LogP contribution in [0.15, 0.2) is 12.1 Å². The van der Waals surface area contributed by atoms with Crippen molar-refractivity contribution in [2.45, 2.75) is 20.3 Å². The van der Waals surface area contributed by atoms with Crippen LogP contribution in [0.2, 0.25) is 0 Å². The molecule has 0 fully saturated rings. The van der Waals surface area contributed by atoms with E-state index in [1.54, 1.807) is 26.0 Å². The van der Waals surface area contributed by atoms with Gasteiger partial charge in [0.2, 0.25) is 0 Å². The highest BCUT2D eigenvalue weighted by atomic mass is 16.6. The minimum atomic E-state index is -0.639. The molecule has 0 aliphatic heterocycles. The lowest BCUT2D eigenvalue weighted by molar-refractivity contribution is -0.385. The average molecular weight is 248 g/mol. The van der Waals surface area contributed by atoms with Crippen molar-refractivity contribution in [3.05, 3.63) is 38.9 Å². The Hall–Kier alpha value is -2.42. The zero-order valence-electron chi connectivity index (χ0n) is 10.1. The van der Waals surface area contributed by atoms with Gasteiger partial charge in [-0.05, 0) is 19.4 Å². The number of carbonyl (C=O) groups is 1. The smallest absolute Gasteiger partial charge is 0.310 e. The van der Waals surface area contributed by atoms with Gasteiger partial charge in [-0.15, -0.1) is 0 Å². The molecule has 0 aliphatic rings. The van der Waals surface area contributed by atoms with Gasteiger partial charge in [0, 0.05) is 5.56 Å².